The molecule has 0 radical (unpaired) electrons. The van der Waals surface area contributed by atoms with Gasteiger partial charge in [-0.15, -0.1) is 0 Å². The van der Waals surface area contributed by atoms with Crippen molar-refractivity contribution >= 4 is 16.7 Å². The third kappa shape index (κ3) is 2.98. The molecule has 0 spiro atoms. The standard InChI is InChI=1S/C17H21NO2/c1-11(16(19)20)7-12-5-6-14-13(8-12)9-18-10-15(14)17(2,3)4/h5-6,8-11H,7H2,1-4H3,(H,19,20). The molecule has 0 aliphatic heterocycles. The second-order valence-corrected chi connectivity index (χ2v) is 6.44. The van der Waals surface area contributed by atoms with E-state index in [0.717, 1.165) is 10.9 Å². The lowest BCUT2D eigenvalue weighted by molar-refractivity contribution is -0.141. The van der Waals surface area contributed by atoms with Gasteiger partial charge in [-0.05, 0) is 34.4 Å². The first-order valence-corrected chi connectivity index (χ1v) is 6.89. The molecule has 1 aromatic heterocycles. The van der Waals surface area contributed by atoms with Crippen LogP contribution in [-0.2, 0) is 16.6 Å². The first-order valence-electron chi connectivity index (χ1n) is 6.89. The molecule has 2 rings (SSSR count). The number of benzene rings is 1. The lowest BCUT2D eigenvalue weighted by atomic mass is 9.84. The van der Waals surface area contributed by atoms with Gasteiger partial charge in [0.1, 0.15) is 0 Å². The Bertz CT molecular complexity index is 641. The molecule has 2 aromatic rings. The fourth-order valence-corrected chi connectivity index (χ4v) is 2.39. The highest BCUT2D eigenvalue weighted by Crippen LogP contribution is 2.29. The maximum Gasteiger partial charge on any atom is 0.306 e. The van der Waals surface area contributed by atoms with Gasteiger partial charge in [0.15, 0.2) is 0 Å². The van der Waals surface area contributed by atoms with E-state index in [2.05, 4.69) is 37.9 Å². The highest BCUT2D eigenvalue weighted by Gasteiger charge is 2.18. The Balaban J connectivity index is 2.44. The van der Waals surface area contributed by atoms with Gasteiger partial charge in [-0.25, -0.2) is 0 Å². The fourth-order valence-electron chi connectivity index (χ4n) is 2.39. The summed E-state index contributed by atoms with van der Waals surface area (Å²) in [5.41, 5.74) is 2.30. The molecule has 1 heterocycles. The number of hydrogen-bond donors (Lipinski definition) is 1. The molecule has 0 aliphatic carbocycles. The van der Waals surface area contributed by atoms with Gasteiger partial charge >= 0.3 is 5.97 Å². The Kier molecular flexibility index (Phi) is 3.80. The summed E-state index contributed by atoms with van der Waals surface area (Å²) in [7, 11) is 0. The average molecular weight is 271 g/mol. The van der Waals surface area contributed by atoms with Crippen molar-refractivity contribution in [1.82, 2.24) is 4.98 Å². The van der Waals surface area contributed by atoms with Crippen molar-refractivity contribution in [1.29, 1.82) is 0 Å². The first kappa shape index (κ1) is 14.5. The van der Waals surface area contributed by atoms with E-state index >= 15 is 0 Å². The van der Waals surface area contributed by atoms with Crippen molar-refractivity contribution in [2.24, 2.45) is 5.92 Å². The summed E-state index contributed by atoms with van der Waals surface area (Å²) in [6, 6.07) is 6.16. The zero-order chi connectivity index (χ0) is 14.9. The summed E-state index contributed by atoms with van der Waals surface area (Å²) in [5.74, 6) is -1.13. The number of aliphatic carboxylic acids is 1. The second kappa shape index (κ2) is 5.23. The molecule has 0 saturated carbocycles. The van der Waals surface area contributed by atoms with Crippen molar-refractivity contribution in [2.75, 3.05) is 0 Å². The second-order valence-electron chi connectivity index (χ2n) is 6.44. The minimum atomic E-state index is -0.758. The van der Waals surface area contributed by atoms with Gasteiger partial charge in [0, 0.05) is 17.8 Å². The highest BCUT2D eigenvalue weighted by molar-refractivity contribution is 5.86. The largest absolute Gasteiger partial charge is 0.481 e. The molecule has 0 fully saturated rings. The SMILES string of the molecule is CC(Cc1ccc2c(C(C)(C)C)cncc2c1)C(=O)O. The van der Waals surface area contributed by atoms with Crippen LogP contribution in [0.3, 0.4) is 0 Å². The topological polar surface area (TPSA) is 50.2 Å². The van der Waals surface area contributed by atoms with Crippen molar-refractivity contribution in [3.8, 4) is 0 Å². The molecule has 1 unspecified atom stereocenters. The summed E-state index contributed by atoms with van der Waals surface area (Å²) in [6.07, 6.45) is 4.31. The van der Waals surface area contributed by atoms with Crippen LogP contribution in [0.1, 0.15) is 38.8 Å². The Morgan fingerprint density at radius 3 is 2.60 bits per heavy atom. The number of hydrogen-bond acceptors (Lipinski definition) is 2. The van der Waals surface area contributed by atoms with Gasteiger partial charge in [0.2, 0.25) is 0 Å². The summed E-state index contributed by atoms with van der Waals surface area (Å²) in [6.45, 7) is 8.24. The summed E-state index contributed by atoms with van der Waals surface area (Å²) >= 11 is 0. The van der Waals surface area contributed by atoms with Crippen LogP contribution in [0.4, 0.5) is 0 Å². The van der Waals surface area contributed by atoms with Gasteiger partial charge < -0.3 is 5.11 Å². The van der Waals surface area contributed by atoms with Gasteiger partial charge in [-0.3, -0.25) is 9.78 Å². The van der Waals surface area contributed by atoms with Gasteiger partial charge in [0.25, 0.3) is 0 Å². The molecule has 3 heteroatoms. The molecular formula is C17H21NO2. The molecule has 0 bridgehead atoms. The van der Waals surface area contributed by atoms with Crippen molar-refractivity contribution < 1.29 is 9.90 Å². The van der Waals surface area contributed by atoms with Gasteiger partial charge in [-0.1, -0.05) is 39.8 Å². The van der Waals surface area contributed by atoms with Crippen molar-refractivity contribution in [3.05, 3.63) is 41.7 Å². The smallest absolute Gasteiger partial charge is 0.306 e. The lowest BCUT2D eigenvalue weighted by Gasteiger charge is -2.21. The van der Waals surface area contributed by atoms with Crippen LogP contribution in [0.2, 0.25) is 0 Å². The number of aromatic nitrogens is 1. The van der Waals surface area contributed by atoms with E-state index < -0.39 is 5.97 Å². The Morgan fingerprint density at radius 1 is 1.30 bits per heavy atom. The molecule has 1 aromatic carbocycles. The molecule has 1 atom stereocenters. The van der Waals surface area contributed by atoms with Crippen LogP contribution in [0.5, 0.6) is 0 Å². The zero-order valence-corrected chi connectivity index (χ0v) is 12.5. The summed E-state index contributed by atoms with van der Waals surface area (Å²) < 4.78 is 0. The number of nitrogens with zero attached hydrogens (tertiary/aromatic N) is 1. The van der Waals surface area contributed by atoms with Crippen LogP contribution in [0.25, 0.3) is 10.8 Å². The lowest BCUT2D eigenvalue weighted by Crippen LogP contribution is -2.13. The Morgan fingerprint density at radius 2 is 2.00 bits per heavy atom. The fraction of sp³-hybridized carbons (Fsp3) is 0.412. The molecule has 106 valence electrons. The third-order valence-electron chi connectivity index (χ3n) is 3.59. The van der Waals surface area contributed by atoms with E-state index in [0.29, 0.717) is 6.42 Å². The quantitative estimate of drug-likeness (QED) is 0.923. The molecule has 0 aliphatic rings. The number of carboxylic acid groups (broad SMARTS) is 1. The van der Waals surface area contributed by atoms with E-state index in [-0.39, 0.29) is 11.3 Å². The molecule has 0 amide bonds. The predicted octanol–water partition coefficient (Wildman–Crippen LogP) is 3.80. The number of rotatable bonds is 3. The summed E-state index contributed by atoms with van der Waals surface area (Å²) in [4.78, 5) is 15.3. The normalized spacial score (nSPS) is 13.4. The molecule has 1 N–H and O–H groups in total. The van der Waals surface area contributed by atoms with Crippen molar-refractivity contribution in [2.45, 2.75) is 39.5 Å². The highest BCUT2D eigenvalue weighted by atomic mass is 16.4. The maximum atomic E-state index is 10.9. The number of carbonyl (C=O) groups is 1. The van der Waals surface area contributed by atoms with Crippen LogP contribution in [-0.4, -0.2) is 16.1 Å². The van der Waals surface area contributed by atoms with Crippen LogP contribution >= 0.6 is 0 Å². The van der Waals surface area contributed by atoms with Gasteiger partial charge in [-0.2, -0.15) is 0 Å². The predicted molar refractivity (Wildman–Crippen MR) is 80.9 cm³/mol. The van der Waals surface area contributed by atoms with E-state index in [1.165, 1.54) is 10.9 Å². The maximum absolute atomic E-state index is 10.9. The van der Waals surface area contributed by atoms with Crippen molar-refractivity contribution in [3.63, 3.8) is 0 Å². The first-order chi connectivity index (χ1) is 9.29. The average Bonchev–Trinajstić information content (AvgIpc) is 2.36. The van der Waals surface area contributed by atoms with E-state index in [1.807, 2.05) is 18.5 Å². The molecule has 3 nitrogen and oxygen atoms in total. The van der Waals surface area contributed by atoms with Gasteiger partial charge in [0.05, 0.1) is 5.92 Å². The number of carboxylic acids is 1. The molecule has 20 heavy (non-hydrogen) atoms. The van der Waals surface area contributed by atoms with E-state index in [1.54, 1.807) is 6.92 Å². The minimum absolute atomic E-state index is 0.0440. The van der Waals surface area contributed by atoms with Crippen LogP contribution in [0.15, 0.2) is 30.6 Å². The summed E-state index contributed by atoms with van der Waals surface area (Å²) in [5, 5.41) is 11.3. The Labute approximate surface area is 119 Å². The van der Waals surface area contributed by atoms with Crippen LogP contribution in [0, 0.1) is 5.92 Å². The number of pyridine rings is 1. The zero-order valence-electron chi connectivity index (χ0n) is 12.5. The van der Waals surface area contributed by atoms with Crippen LogP contribution < -0.4 is 0 Å². The third-order valence-corrected chi connectivity index (χ3v) is 3.59. The van der Waals surface area contributed by atoms with E-state index in [4.69, 9.17) is 5.11 Å². The molecular weight excluding hydrogens is 250 g/mol. The minimum Gasteiger partial charge on any atom is -0.481 e. The Hall–Kier alpha value is -1.90. The molecule has 0 saturated heterocycles. The number of fused-ring (bicyclic) bond motifs is 1. The van der Waals surface area contributed by atoms with E-state index in [9.17, 15) is 4.79 Å². The monoisotopic (exact) mass is 271 g/mol.